The standard InChI is InChI=1S/C16H24ClNO/c1-3-12-9-13(17)10-14(15(12)19-2)16(11-18)7-5-4-6-8-16/h9-10H,3-8,11,18H2,1-2H3. The third kappa shape index (κ3) is 2.75. The molecule has 0 spiro atoms. The van der Waals surface area contributed by atoms with Gasteiger partial charge >= 0.3 is 0 Å². The van der Waals surface area contributed by atoms with E-state index in [4.69, 9.17) is 22.1 Å². The first-order valence-corrected chi connectivity index (χ1v) is 7.61. The number of nitrogens with two attached hydrogens (primary N) is 1. The van der Waals surface area contributed by atoms with Crippen molar-refractivity contribution in [2.45, 2.75) is 50.9 Å². The molecule has 19 heavy (non-hydrogen) atoms. The Labute approximate surface area is 121 Å². The molecule has 0 radical (unpaired) electrons. The van der Waals surface area contributed by atoms with Crippen LogP contribution in [0.1, 0.15) is 50.2 Å². The lowest BCUT2D eigenvalue weighted by Crippen LogP contribution is -2.37. The summed E-state index contributed by atoms with van der Waals surface area (Å²) in [5.41, 5.74) is 8.60. The van der Waals surface area contributed by atoms with Crippen molar-refractivity contribution < 1.29 is 4.74 Å². The number of benzene rings is 1. The predicted octanol–water partition coefficient (Wildman–Crippen LogP) is 4.07. The Bertz CT molecular complexity index is 439. The lowest BCUT2D eigenvalue weighted by molar-refractivity contribution is 0.287. The summed E-state index contributed by atoms with van der Waals surface area (Å²) in [4.78, 5) is 0. The summed E-state index contributed by atoms with van der Waals surface area (Å²) in [6.45, 7) is 2.81. The predicted molar refractivity (Wildman–Crippen MR) is 81.2 cm³/mol. The third-order valence-corrected chi connectivity index (χ3v) is 4.71. The van der Waals surface area contributed by atoms with Crippen molar-refractivity contribution in [1.29, 1.82) is 0 Å². The highest BCUT2D eigenvalue weighted by atomic mass is 35.5. The number of hydrogen-bond donors (Lipinski definition) is 1. The SMILES string of the molecule is CCc1cc(Cl)cc(C2(CN)CCCCC2)c1OC. The van der Waals surface area contributed by atoms with E-state index in [1.165, 1.54) is 30.4 Å². The molecule has 106 valence electrons. The first-order valence-electron chi connectivity index (χ1n) is 7.24. The van der Waals surface area contributed by atoms with Crippen LogP contribution in [-0.4, -0.2) is 13.7 Å². The van der Waals surface area contributed by atoms with E-state index in [9.17, 15) is 0 Å². The average Bonchev–Trinajstić information content (AvgIpc) is 2.46. The zero-order valence-electron chi connectivity index (χ0n) is 12.0. The largest absolute Gasteiger partial charge is 0.496 e. The molecule has 2 nitrogen and oxygen atoms in total. The molecule has 1 aliphatic rings. The van der Waals surface area contributed by atoms with Crippen LogP contribution in [0.15, 0.2) is 12.1 Å². The third-order valence-electron chi connectivity index (χ3n) is 4.49. The lowest BCUT2D eigenvalue weighted by Gasteiger charge is -2.38. The Morgan fingerprint density at radius 1 is 1.26 bits per heavy atom. The topological polar surface area (TPSA) is 35.2 Å². The van der Waals surface area contributed by atoms with Gasteiger partial charge in [0.2, 0.25) is 0 Å². The highest BCUT2D eigenvalue weighted by molar-refractivity contribution is 6.30. The van der Waals surface area contributed by atoms with E-state index in [1.807, 2.05) is 6.07 Å². The minimum Gasteiger partial charge on any atom is -0.496 e. The fourth-order valence-corrected chi connectivity index (χ4v) is 3.60. The van der Waals surface area contributed by atoms with Gasteiger partial charge in [0.1, 0.15) is 5.75 Å². The number of halogens is 1. The normalized spacial score (nSPS) is 18.3. The molecule has 0 bridgehead atoms. The van der Waals surface area contributed by atoms with Crippen molar-refractivity contribution >= 4 is 11.6 Å². The van der Waals surface area contributed by atoms with E-state index in [1.54, 1.807) is 7.11 Å². The quantitative estimate of drug-likeness (QED) is 0.903. The van der Waals surface area contributed by atoms with Gasteiger partial charge in [0, 0.05) is 22.5 Å². The van der Waals surface area contributed by atoms with Gasteiger partial charge < -0.3 is 10.5 Å². The summed E-state index contributed by atoms with van der Waals surface area (Å²) in [5.74, 6) is 0.999. The molecule has 0 amide bonds. The van der Waals surface area contributed by atoms with Gasteiger partial charge in [-0.15, -0.1) is 0 Å². The van der Waals surface area contributed by atoms with Gasteiger partial charge in [-0.2, -0.15) is 0 Å². The molecule has 2 rings (SSSR count). The average molecular weight is 282 g/mol. The van der Waals surface area contributed by atoms with E-state index < -0.39 is 0 Å². The van der Waals surface area contributed by atoms with Crippen molar-refractivity contribution in [2.75, 3.05) is 13.7 Å². The molecular formula is C16H24ClNO. The second-order valence-electron chi connectivity index (χ2n) is 5.54. The van der Waals surface area contributed by atoms with Crippen molar-refractivity contribution in [1.82, 2.24) is 0 Å². The summed E-state index contributed by atoms with van der Waals surface area (Å²) in [7, 11) is 1.75. The van der Waals surface area contributed by atoms with Gasteiger partial charge in [-0.05, 0) is 37.0 Å². The molecule has 0 heterocycles. The van der Waals surface area contributed by atoms with Crippen molar-refractivity contribution in [3.63, 3.8) is 0 Å². The van der Waals surface area contributed by atoms with Crippen LogP contribution < -0.4 is 10.5 Å². The zero-order valence-corrected chi connectivity index (χ0v) is 12.7. The fraction of sp³-hybridized carbons (Fsp3) is 0.625. The smallest absolute Gasteiger partial charge is 0.125 e. The van der Waals surface area contributed by atoms with E-state index in [0.717, 1.165) is 30.0 Å². The number of hydrogen-bond acceptors (Lipinski definition) is 2. The Kier molecular flexibility index (Phi) is 4.75. The second kappa shape index (κ2) is 6.15. The highest BCUT2D eigenvalue weighted by Gasteiger charge is 2.35. The fourth-order valence-electron chi connectivity index (χ4n) is 3.36. The van der Waals surface area contributed by atoms with E-state index in [0.29, 0.717) is 6.54 Å². The zero-order chi connectivity index (χ0) is 13.9. The van der Waals surface area contributed by atoms with Crippen molar-refractivity contribution in [2.24, 2.45) is 5.73 Å². The maximum atomic E-state index is 6.30. The molecule has 3 heteroatoms. The molecule has 1 aromatic rings. The Morgan fingerprint density at radius 2 is 1.95 bits per heavy atom. The monoisotopic (exact) mass is 281 g/mol. The maximum Gasteiger partial charge on any atom is 0.125 e. The summed E-state index contributed by atoms with van der Waals surface area (Å²) in [5, 5.41) is 0.797. The molecule has 0 atom stereocenters. The van der Waals surface area contributed by atoms with Gasteiger partial charge in [-0.25, -0.2) is 0 Å². The molecule has 0 aromatic heterocycles. The number of ether oxygens (including phenoxy) is 1. The lowest BCUT2D eigenvalue weighted by atomic mass is 9.69. The van der Waals surface area contributed by atoms with Crippen LogP contribution in [0.25, 0.3) is 0 Å². The van der Waals surface area contributed by atoms with Crippen LogP contribution in [0.2, 0.25) is 5.02 Å². The Hall–Kier alpha value is -0.730. The molecule has 1 saturated carbocycles. The summed E-state index contributed by atoms with van der Waals surface area (Å²) in [6.07, 6.45) is 7.01. The van der Waals surface area contributed by atoms with Crippen LogP contribution in [0.3, 0.4) is 0 Å². The van der Waals surface area contributed by atoms with E-state index in [-0.39, 0.29) is 5.41 Å². The first kappa shape index (κ1) is 14.7. The summed E-state index contributed by atoms with van der Waals surface area (Å²) in [6, 6.07) is 4.08. The van der Waals surface area contributed by atoms with Gasteiger partial charge in [0.05, 0.1) is 7.11 Å². The molecule has 2 N–H and O–H groups in total. The van der Waals surface area contributed by atoms with Crippen LogP contribution in [0.5, 0.6) is 5.75 Å². The number of rotatable bonds is 4. The Morgan fingerprint density at radius 3 is 2.47 bits per heavy atom. The van der Waals surface area contributed by atoms with Crippen LogP contribution >= 0.6 is 11.6 Å². The molecule has 1 aromatic carbocycles. The molecule has 1 aliphatic carbocycles. The number of methoxy groups -OCH3 is 1. The van der Waals surface area contributed by atoms with E-state index in [2.05, 4.69) is 13.0 Å². The first-order chi connectivity index (χ1) is 9.16. The molecular weight excluding hydrogens is 258 g/mol. The van der Waals surface area contributed by atoms with E-state index >= 15 is 0 Å². The minimum atomic E-state index is 0.0540. The maximum absolute atomic E-state index is 6.30. The van der Waals surface area contributed by atoms with Gasteiger partial charge in [-0.1, -0.05) is 37.8 Å². The van der Waals surface area contributed by atoms with Crippen LogP contribution in [0.4, 0.5) is 0 Å². The van der Waals surface area contributed by atoms with Crippen LogP contribution in [-0.2, 0) is 11.8 Å². The number of aryl methyl sites for hydroxylation is 1. The second-order valence-corrected chi connectivity index (χ2v) is 5.98. The van der Waals surface area contributed by atoms with Crippen molar-refractivity contribution in [3.8, 4) is 5.75 Å². The van der Waals surface area contributed by atoms with Gasteiger partial charge in [0.15, 0.2) is 0 Å². The highest BCUT2D eigenvalue weighted by Crippen LogP contribution is 2.45. The van der Waals surface area contributed by atoms with Crippen molar-refractivity contribution in [3.05, 3.63) is 28.3 Å². The summed E-state index contributed by atoms with van der Waals surface area (Å²) >= 11 is 6.30. The van der Waals surface area contributed by atoms with Gasteiger partial charge in [0.25, 0.3) is 0 Å². The summed E-state index contributed by atoms with van der Waals surface area (Å²) < 4.78 is 5.69. The molecule has 0 aliphatic heterocycles. The minimum absolute atomic E-state index is 0.0540. The molecule has 0 unspecified atom stereocenters. The van der Waals surface area contributed by atoms with Gasteiger partial charge in [-0.3, -0.25) is 0 Å². The molecule has 1 fully saturated rings. The molecule has 0 saturated heterocycles. The van der Waals surface area contributed by atoms with Crippen LogP contribution in [0, 0.1) is 0 Å². The Balaban J connectivity index is 2.55.